The second-order valence-electron chi connectivity index (χ2n) is 6.17. The highest BCUT2D eigenvalue weighted by atomic mass is 16.5. The van der Waals surface area contributed by atoms with Crippen LogP contribution in [0.2, 0.25) is 0 Å². The number of ether oxygens (including phenoxy) is 1. The Balaban J connectivity index is 1.65. The summed E-state index contributed by atoms with van der Waals surface area (Å²) in [7, 11) is 3.25. The number of carbonyl (C=O) groups is 2. The van der Waals surface area contributed by atoms with Crippen LogP contribution in [0.15, 0.2) is 36.4 Å². The van der Waals surface area contributed by atoms with Crippen LogP contribution in [0.4, 0.5) is 4.79 Å². The number of nitrogens with zero attached hydrogens (tertiary/aromatic N) is 1. The van der Waals surface area contributed by atoms with E-state index in [4.69, 9.17) is 4.74 Å². The van der Waals surface area contributed by atoms with Gasteiger partial charge in [0.05, 0.1) is 7.11 Å². The second-order valence-corrected chi connectivity index (χ2v) is 6.17. The maximum atomic E-state index is 12.4. The number of amides is 3. The van der Waals surface area contributed by atoms with E-state index in [1.807, 2.05) is 30.3 Å². The summed E-state index contributed by atoms with van der Waals surface area (Å²) in [5.41, 5.74) is 1.02. The lowest BCUT2D eigenvalue weighted by atomic mass is 10.1. The molecule has 0 unspecified atom stereocenters. The topological polar surface area (TPSA) is 70.7 Å². The molecule has 1 heterocycles. The van der Waals surface area contributed by atoms with Crippen molar-refractivity contribution in [1.82, 2.24) is 15.5 Å². The van der Waals surface area contributed by atoms with Gasteiger partial charge in [0, 0.05) is 20.1 Å². The Hall–Kier alpha value is -2.76. The lowest BCUT2D eigenvalue weighted by molar-refractivity contribution is -0.124. The van der Waals surface area contributed by atoms with E-state index in [9.17, 15) is 9.59 Å². The van der Waals surface area contributed by atoms with Crippen molar-refractivity contribution >= 4 is 22.7 Å². The molecule has 3 amide bonds. The van der Waals surface area contributed by atoms with Crippen LogP contribution in [0, 0.1) is 0 Å². The summed E-state index contributed by atoms with van der Waals surface area (Å²) >= 11 is 0. The number of methoxy groups -OCH3 is 1. The van der Waals surface area contributed by atoms with Crippen molar-refractivity contribution in [3.63, 3.8) is 0 Å². The number of likely N-dealkylation sites (N-methyl/N-ethyl adjacent to an activating group) is 1. The van der Waals surface area contributed by atoms with Gasteiger partial charge in [-0.15, -0.1) is 0 Å². The molecule has 3 rings (SSSR count). The number of benzene rings is 2. The molecule has 2 aromatic rings. The number of urea groups is 1. The molecule has 1 saturated heterocycles. The fourth-order valence-corrected chi connectivity index (χ4v) is 3.24. The molecule has 2 N–H and O–H groups in total. The van der Waals surface area contributed by atoms with Gasteiger partial charge in [-0.05, 0) is 47.4 Å². The van der Waals surface area contributed by atoms with Gasteiger partial charge in [0.1, 0.15) is 11.8 Å². The summed E-state index contributed by atoms with van der Waals surface area (Å²) in [6.45, 7) is 1.04. The third kappa shape index (κ3) is 3.68. The maximum absolute atomic E-state index is 12.4. The Morgan fingerprint density at radius 3 is 2.72 bits per heavy atom. The zero-order chi connectivity index (χ0) is 17.8. The van der Waals surface area contributed by atoms with Gasteiger partial charge in [-0.25, -0.2) is 4.79 Å². The average Bonchev–Trinajstić information content (AvgIpc) is 3.14. The molecule has 1 aliphatic rings. The fourth-order valence-electron chi connectivity index (χ4n) is 3.24. The molecule has 0 saturated carbocycles. The molecule has 0 bridgehead atoms. The van der Waals surface area contributed by atoms with Crippen LogP contribution >= 0.6 is 0 Å². The third-order valence-electron chi connectivity index (χ3n) is 4.62. The monoisotopic (exact) mass is 341 g/mol. The summed E-state index contributed by atoms with van der Waals surface area (Å²) in [5.74, 6) is 0.718. The first-order valence-corrected chi connectivity index (χ1v) is 8.45. The van der Waals surface area contributed by atoms with Crippen LogP contribution in [0.5, 0.6) is 5.75 Å². The first-order valence-electron chi connectivity index (χ1n) is 8.45. The Bertz CT molecular complexity index is 791. The van der Waals surface area contributed by atoms with Gasteiger partial charge in [0.25, 0.3) is 0 Å². The van der Waals surface area contributed by atoms with Crippen molar-refractivity contribution in [3.05, 3.63) is 42.0 Å². The Morgan fingerprint density at radius 1 is 1.20 bits per heavy atom. The van der Waals surface area contributed by atoms with Crippen LogP contribution in [0.1, 0.15) is 18.4 Å². The fraction of sp³-hybridized carbons (Fsp3) is 0.368. The van der Waals surface area contributed by atoms with E-state index in [0.717, 1.165) is 28.5 Å². The molecule has 0 aromatic heterocycles. The van der Waals surface area contributed by atoms with Gasteiger partial charge in [0.2, 0.25) is 5.91 Å². The molecule has 1 atom stereocenters. The zero-order valence-electron chi connectivity index (χ0n) is 14.5. The van der Waals surface area contributed by atoms with Crippen molar-refractivity contribution in [2.75, 3.05) is 20.7 Å². The van der Waals surface area contributed by atoms with Crippen LogP contribution in [-0.2, 0) is 11.3 Å². The minimum absolute atomic E-state index is 0.104. The molecule has 132 valence electrons. The van der Waals surface area contributed by atoms with E-state index in [-0.39, 0.29) is 18.0 Å². The van der Waals surface area contributed by atoms with E-state index in [1.165, 1.54) is 0 Å². The summed E-state index contributed by atoms with van der Waals surface area (Å²) in [6, 6.07) is 11.4. The Labute approximate surface area is 147 Å². The summed E-state index contributed by atoms with van der Waals surface area (Å²) in [6.07, 6.45) is 1.56. The van der Waals surface area contributed by atoms with Crippen molar-refractivity contribution in [2.45, 2.75) is 25.4 Å². The van der Waals surface area contributed by atoms with Gasteiger partial charge in [-0.1, -0.05) is 18.2 Å². The molecule has 0 radical (unpaired) electrons. The van der Waals surface area contributed by atoms with Crippen LogP contribution in [0.3, 0.4) is 0 Å². The summed E-state index contributed by atoms with van der Waals surface area (Å²) in [4.78, 5) is 25.9. The standard InChI is InChI=1S/C19H23N3O3/c1-20-18(23)17-4-3-9-22(17)19(24)21-12-13-5-6-15-11-16(25-2)8-7-14(15)10-13/h5-8,10-11,17H,3-4,9,12H2,1-2H3,(H,20,23)(H,21,24)/t17-/m1/s1. The lowest BCUT2D eigenvalue weighted by Crippen LogP contribution is -2.48. The highest BCUT2D eigenvalue weighted by Gasteiger charge is 2.33. The predicted octanol–water partition coefficient (Wildman–Crippen LogP) is 2.27. The maximum Gasteiger partial charge on any atom is 0.318 e. The molecule has 6 heteroatoms. The number of nitrogens with one attached hydrogen (secondary N) is 2. The Kier molecular flexibility index (Phi) is 5.07. The molecule has 25 heavy (non-hydrogen) atoms. The first-order chi connectivity index (χ1) is 12.1. The van der Waals surface area contributed by atoms with Gasteiger partial charge in [-0.3, -0.25) is 4.79 Å². The largest absolute Gasteiger partial charge is 0.497 e. The summed E-state index contributed by atoms with van der Waals surface area (Å²) < 4.78 is 5.23. The Morgan fingerprint density at radius 2 is 1.96 bits per heavy atom. The van der Waals surface area contributed by atoms with Crippen LogP contribution in [-0.4, -0.2) is 43.6 Å². The average molecular weight is 341 g/mol. The third-order valence-corrected chi connectivity index (χ3v) is 4.62. The molecule has 2 aromatic carbocycles. The SMILES string of the molecule is CNC(=O)[C@H]1CCCN1C(=O)NCc1ccc2cc(OC)ccc2c1. The molecule has 1 fully saturated rings. The lowest BCUT2D eigenvalue weighted by Gasteiger charge is -2.23. The minimum atomic E-state index is -0.367. The number of likely N-dealkylation sites (tertiary alicyclic amines) is 1. The molecule has 6 nitrogen and oxygen atoms in total. The van der Waals surface area contributed by atoms with E-state index in [1.54, 1.807) is 19.1 Å². The predicted molar refractivity (Wildman–Crippen MR) is 96.5 cm³/mol. The molecule has 0 aliphatic carbocycles. The zero-order valence-corrected chi connectivity index (χ0v) is 14.5. The number of rotatable bonds is 4. The van der Waals surface area contributed by atoms with Crippen molar-refractivity contribution < 1.29 is 14.3 Å². The van der Waals surface area contributed by atoms with Crippen LogP contribution < -0.4 is 15.4 Å². The van der Waals surface area contributed by atoms with E-state index >= 15 is 0 Å². The van der Waals surface area contributed by atoms with Crippen molar-refractivity contribution in [3.8, 4) is 5.75 Å². The van der Waals surface area contributed by atoms with Gasteiger partial charge in [0.15, 0.2) is 0 Å². The van der Waals surface area contributed by atoms with Crippen molar-refractivity contribution in [2.24, 2.45) is 0 Å². The number of fused-ring (bicyclic) bond motifs is 1. The molecular weight excluding hydrogens is 318 g/mol. The van der Waals surface area contributed by atoms with E-state index in [0.29, 0.717) is 19.5 Å². The van der Waals surface area contributed by atoms with Gasteiger partial charge < -0.3 is 20.3 Å². The molecular formula is C19H23N3O3. The summed E-state index contributed by atoms with van der Waals surface area (Å²) in [5, 5.41) is 7.73. The van der Waals surface area contributed by atoms with Crippen LogP contribution in [0.25, 0.3) is 10.8 Å². The number of carbonyl (C=O) groups excluding carboxylic acids is 2. The highest BCUT2D eigenvalue weighted by Crippen LogP contribution is 2.22. The second kappa shape index (κ2) is 7.42. The van der Waals surface area contributed by atoms with E-state index in [2.05, 4.69) is 16.7 Å². The smallest absolute Gasteiger partial charge is 0.318 e. The minimum Gasteiger partial charge on any atom is -0.497 e. The van der Waals surface area contributed by atoms with E-state index < -0.39 is 0 Å². The molecule has 1 aliphatic heterocycles. The van der Waals surface area contributed by atoms with Gasteiger partial charge >= 0.3 is 6.03 Å². The first kappa shape index (κ1) is 17.1. The number of hydrogen-bond acceptors (Lipinski definition) is 3. The molecule has 0 spiro atoms. The van der Waals surface area contributed by atoms with Crippen molar-refractivity contribution in [1.29, 1.82) is 0 Å². The normalized spacial score (nSPS) is 16.7. The number of hydrogen-bond donors (Lipinski definition) is 2. The quantitative estimate of drug-likeness (QED) is 0.896. The van der Waals surface area contributed by atoms with Gasteiger partial charge in [-0.2, -0.15) is 0 Å². The highest BCUT2D eigenvalue weighted by molar-refractivity contribution is 5.87.